The molecule has 1 aromatic heterocycles. The van der Waals surface area contributed by atoms with Gasteiger partial charge in [0.25, 0.3) is 0 Å². The van der Waals surface area contributed by atoms with Crippen molar-refractivity contribution in [1.29, 1.82) is 0 Å². The summed E-state index contributed by atoms with van der Waals surface area (Å²) in [6.45, 7) is 0.0999. The van der Waals surface area contributed by atoms with Gasteiger partial charge in [0.1, 0.15) is 17.3 Å². The fraction of sp³-hybridized carbons (Fsp3) is 0.250. The van der Waals surface area contributed by atoms with Crippen LogP contribution in [-0.2, 0) is 6.42 Å². The van der Waals surface area contributed by atoms with Crippen LogP contribution in [-0.4, -0.2) is 16.9 Å². The van der Waals surface area contributed by atoms with E-state index in [0.717, 1.165) is 0 Å². The molecule has 17 heavy (non-hydrogen) atoms. The number of halogens is 2. The molecule has 0 unspecified atom stereocenters. The van der Waals surface area contributed by atoms with Gasteiger partial charge in [0.15, 0.2) is 0 Å². The van der Waals surface area contributed by atoms with Gasteiger partial charge in [-0.2, -0.15) is 0 Å². The van der Waals surface area contributed by atoms with Crippen molar-refractivity contribution in [1.82, 2.24) is 5.16 Å². The third-order valence-corrected chi connectivity index (χ3v) is 2.84. The van der Waals surface area contributed by atoms with Crippen molar-refractivity contribution >= 4 is 15.9 Å². The summed E-state index contributed by atoms with van der Waals surface area (Å²) in [6.07, 6.45) is 1.21. The first-order valence-electron chi connectivity index (χ1n) is 5.22. The lowest BCUT2D eigenvalue weighted by Crippen LogP contribution is -1.86. The molecule has 0 aliphatic carbocycles. The average molecular weight is 300 g/mol. The van der Waals surface area contributed by atoms with Crippen LogP contribution < -0.4 is 0 Å². The Morgan fingerprint density at radius 3 is 2.88 bits per heavy atom. The number of aromatic nitrogens is 1. The Morgan fingerprint density at radius 1 is 1.35 bits per heavy atom. The maximum Gasteiger partial charge on any atom is 0.137 e. The average Bonchev–Trinajstić information content (AvgIpc) is 2.75. The van der Waals surface area contributed by atoms with E-state index in [2.05, 4.69) is 21.1 Å². The molecule has 1 aromatic carbocycles. The van der Waals surface area contributed by atoms with Gasteiger partial charge in [0.05, 0.1) is 0 Å². The Bertz CT molecular complexity index is 513. The van der Waals surface area contributed by atoms with E-state index >= 15 is 0 Å². The lowest BCUT2D eigenvalue weighted by Gasteiger charge is -1.98. The quantitative estimate of drug-likeness (QED) is 0.943. The first-order valence-corrected chi connectivity index (χ1v) is 6.02. The van der Waals surface area contributed by atoms with Crippen molar-refractivity contribution in [3.63, 3.8) is 0 Å². The molecule has 1 N–H and O–H groups in total. The zero-order valence-corrected chi connectivity index (χ0v) is 10.6. The van der Waals surface area contributed by atoms with Crippen molar-refractivity contribution in [2.75, 3.05) is 6.61 Å². The van der Waals surface area contributed by atoms with Gasteiger partial charge in [-0.05, 0) is 24.6 Å². The molecule has 0 fully saturated rings. The number of aliphatic hydroxyl groups is 1. The number of benzene rings is 1. The van der Waals surface area contributed by atoms with Crippen molar-refractivity contribution in [2.45, 2.75) is 12.8 Å². The summed E-state index contributed by atoms with van der Waals surface area (Å²) < 4.78 is 19.4. The molecule has 0 amide bonds. The number of rotatable bonds is 4. The summed E-state index contributed by atoms with van der Waals surface area (Å²) in [6, 6.07) is 6.48. The van der Waals surface area contributed by atoms with Gasteiger partial charge in [-0.15, -0.1) is 0 Å². The van der Waals surface area contributed by atoms with Crippen molar-refractivity contribution in [3.8, 4) is 11.3 Å². The largest absolute Gasteiger partial charge is 0.396 e. The topological polar surface area (TPSA) is 46.3 Å². The smallest absolute Gasteiger partial charge is 0.137 e. The third-order valence-electron chi connectivity index (χ3n) is 2.35. The fourth-order valence-corrected chi connectivity index (χ4v) is 1.84. The number of hydrogen-bond acceptors (Lipinski definition) is 3. The monoisotopic (exact) mass is 299 g/mol. The van der Waals surface area contributed by atoms with E-state index in [1.54, 1.807) is 18.2 Å². The predicted molar refractivity (Wildman–Crippen MR) is 65.0 cm³/mol. The second kappa shape index (κ2) is 5.42. The van der Waals surface area contributed by atoms with Gasteiger partial charge in [0.2, 0.25) is 0 Å². The van der Waals surface area contributed by atoms with Crippen LogP contribution in [0.25, 0.3) is 11.3 Å². The van der Waals surface area contributed by atoms with Gasteiger partial charge in [0, 0.05) is 29.1 Å². The van der Waals surface area contributed by atoms with Crippen LogP contribution in [0.1, 0.15) is 12.2 Å². The van der Waals surface area contributed by atoms with Gasteiger partial charge in [-0.25, -0.2) is 4.39 Å². The van der Waals surface area contributed by atoms with E-state index < -0.39 is 0 Å². The van der Waals surface area contributed by atoms with Gasteiger partial charge < -0.3 is 9.63 Å². The Balaban J connectivity index is 2.24. The zero-order chi connectivity index (χ0) is 12.3. The number of aliphatic hydroxyl groups excluding tert-OH is 1. The summed E-state index contributed by atoms with van der Waals surface area (Å²) in [5.41, 5.74) is 0.884. The van der Waals surface area contributed by atoms with Crippen LogP contribution in [0.4, 0.5) is 4.39 Å². The lowest BCUT2D eigenvalue weighted by atomic mass is 10.1. The normalized spacial score (nSPS) is 10.8. The third kappa shape index (κ3) is 2.92. The minimum absolute atomic E-state index is 0.0999. The molecule has 2 aromatic rings. The SMILES string of the molecule is OCCCc1cc(-c2ccc(Br)cc2F)no1. The minimum Gasteiger partial charge on any atom is -0.396 e. The van der Waals surface area contributed by atoms with Crippen LogP contribution in [0.2, 0.25) is 0 Å². The highest BCUT2D eigenvalue weighted by molar-refractivity contribution is 9.10. The van der Waals surface area contributed by atoms with Crippen LogP contribution in [0.5, 0.6) is 0 Å². The minimum atomic E-state index is -0.346. The molecule has 0 aliphatic rings. The second-order valence-corrected chi connectivity index (χ2v) is 4.55. The maximum absolute atomic E-state index is 13.6. The van der Waals surface area contributed by atoms with Gasteiger partial charge in [-0.3, -0.25) is 0 Å². The first kappa shape index (κ1) is 12.3. The molecule has 0 saturated carbocycles. The molecule has 0 atom stereocenters. The van der Waals surface area contributed by atoms with E-state index in [1.165, 1.54) is 6.07 Å². The standard InChI is InChI=1S/C12H11BrFNO2/c13-8-3-4-10(11(14)6-8)12-7-9(17-15-12)2-1-5-16/h3-4,6-7,16H,1-2,5H2. The maximum atomic E-state index is 13.6. The molecule has 0 bridgehead atoms. The van der Waals surface area contributed by atoms with Crippen molar-refractivity contribution in [3.05, 3.63) is 40.3 Å². The molecular weight excluding hydrogens is 289 g/mol. The molecule has 0 radical (unpaired) electrons. The highest BCUT2D eigenvalue weighted by Crippen LogP contribution is 2.25. The van der Waals surface area contributed by atoms with E-state index in [-0.39, 0.29) is 12.4 Å². The summed E-state index contributed by atoms with van der Waals surface area (Å²) in [7, 11) is 0. The summed E-state index contributed by atoms with van der Waals surface area (Å²) >= 11 is 3.20. The van der Waals surface area contributed by atoms with Crippen LogP contribution >= 0.6 is 15.9 Å². The molecule has 90 valence electrons. The zero-order valence-electron chi connectivity index (χ0n) is 8.99. The van der Waals surface area contributed by atoms with Crippen LogP contribution in [0, 0.1) is 5.82 Å². The Morgan fingerprint density at radius 2 is 2.18 bits per heavy atom. The number of nitrogens with zero attached hydrogens (tertiary/aromatic N) is 1. The molecule has 1 heterocycles. The summed E-state index contributed by atoms with van der Waals surface area (Å²) in [5.74, 6) is 0.303. The van der Waals surface area contributed by atoms with Gasteiger partial charge in [-0.1, -0.05) is 21.1 Å². The second-order valence-electron chi connectivity index (χ2n) is 3.63. The van der Waals surface area contributed by atoms with E-state index in [9.17, 15) is 4.39 Å². The fourth-order valence-electron chi connectivity index (χ4n) is 1.51. The highest BCUT2D eigenvalue weighted by atomic mass is 79.9. The van der Waals surface area contributed by atoms with E-state index in [4.69, 9.17) is 9.63 Å². The van der Waals surface area contributed by atoms with E-state index in [0.29, 0.717) is 34.3 Å². The molecule has 0 aliphatic heterocycles. The van der Waals surface area contributed by atoms with Gasteiger partial charge >= 0.3 is 0 Å². The predicted octanol–water partition coefficient (Wildman–Crippen LogP) is 3.17. The molecule has 0 saturated heterocycles. The molecule has 5 heteroatoms. The van der Waals surface area contributed by atoms with E-state index in [1.807, 2.05) is 0 Å². The Kier molecular flexibility index (Phi) is 3.91. The lowest BCUT2D eigenvalue weighted by molar-refractivity contribution is 0.280. The Labute approximate surface area is 106 Å². The Hall–Kier alpha value is -1.20. The molecular formula is C12H11BrFNO2. The molecule has 3 nitrogen and oxygen atoms in total. The number of hydrogen-bond donors (Lipinski definition) is 1. The van der Waals surface area contributed by atoms with Crippen LogP contribution in [0.3, 0.4) is 0 Å². The molecule has 2 rings (SSSR count). The number of aryl methyl sites for hydroxylation is 1. The summed E-state index contributed by atoms with van der Waals surface area (Å²) in [4.78, 5) is 0. The summed E-state index contributed by atoms with van der Waals surface area (Å²) in [5, 5.41) is 12.5. The molecule has 0 spiro atoms. The highest BCUT2D eigenvalue weighted by Gasteiger charge is 2.11. The van der Waals surface area contributed by atoms with Crippen molar-refractivity contribution < 1.29 is 14.0 Å². The van der Waals surface area contributed by atoms with Crippen LogP contribution in [0.15, 0.2) is 33.3 Å². The first-order chi connectivity index (χ1) is 8.20. The van der Waals surface area contributed by atoms with Crippen molar-refractivity contribution in [2.24, 2.45) is 0 Å².